The van der Waals surface area contributed by atoms with Gasteiger partial charge in [-0.3, -0.25) is 9.59 Å². The maximum absolute atomic E-state index is 12.0. The standard InChI is InChI=1S/C14H17N3O5S/c1-9(14(19)20)15-13(18)7-17-11-6-4-3-5-10(11)16-12(17)8-23(2,21)22/h3-6,9H,7-8H2,1-2H3,(H,15,18)(H,19,20). The van der Waals surface area contributed by atoms with Crippen LogP contribution in [0, 0.1) is 0 Å². The number of carbonyl (C=O) groups excluding carboxylic acids is 1. The van der Waals surface area contributed by atoms with E-state index in [0.29, 0.717) is 11.0 Å². The summed E-state index contributed by atoms with van der Waals surface area (Å²) >= 11 is 0. The number of rotatable bonds is 6. The summed E-state index contributed by atoms with van der Waals surface area (Å²) in [7, 11) is -3.33. The van der Waals surface area contributed by atoms with E-state index < -0.39 is 27.8 Å². The summed E-state index contributed by atoms with van der Waals surface area (Å²) in [5, 5.41) is 11.2. The van der Waals surface area contributed by atoms with Crippen molar-refractivity contribution >= 4 is 32.7 Å². The van der Waals surface area contributed by atoms with Crippen LogP contribution in [0.3, 0.4) is 0 Å². The number of nitrogens with zero attached hydrogens (tertiary/aromatic N) is 2. The number of benzene rings is 1. The second-order valence-corrected chi connectivity index (χ2v) is 7.44. The van der Waals surface area contributed by atoms with Crippen molar-refractivity contribution in [2.24, 2.45) is 0 Å². The fourth-order valence-corrected chi connectivity index (χ4v) is 2.83. The number of hydrogen-bond acceptors (Lipinski definition) is 5. The van der Waals surface area contributed by atoms with E-state index in [2.05, 4.69) is 10.3 Å². The van der Waals surface area contributed by atoms with E-state index in [-0.39, 0.29) is 18.1 Å². The average molecular weight is 339 g/mol. The van der Waals surface area contributed by atoms with Gasteiger partial charge in [-0.05, 0) is 19.1 Å². The maximum Gasteiger partial charge on any atom is 0.325 e. The average Bonchev–Trinajstić information content (AvgIpc) is 2.74. The quantitative estimate of drug-likeness (QED) is 0.774. The molecule has 2 aromatic rings. The Kier molecular flexibility index (Phi) is 4.69. The molecule has 0 saturated heterocycles. The number of nitrogens with one attached hydrogen (secondary N) is 1. The van der Waals surface area contributed by atoms with Gasteiger partial charge in [0.2, 0.25) is 5.91 Å². The maximum atomic E-state index is 12.0. The van der Waals surface area contributed by atoms with Crippen LogP contribution in [0.2, 0.25) is 0 Å². The van der Waals surface area contributed by atoms with Crippen molar-refractivity contribution in [2.75, 3.05) is 6.26 Å². The Bertz CT molecular complexity index is 856. The molecule has 2 N–H and O–H groups in total. The van der Waals surface area contributed by atoms with Gasteiger partial charge >= 0.3 is 5.97 Å². The third-order valence-electron chi connectivity index (χ3n) is 3.17. The second kappa shape index (κ2) is 6.37. The highest BCUT2D eigenvalue weighted by Crippen LogP contribution is 2.17. The molecule has 23 heavy (non-hydrogen) atoms. The smallest absolute Gasteiger partial charge is 0.325 e. The van der Waals surface area contributed by atoms with E-state index in [1.165, 1.54) is 11.5 Å². The van der Waals surface area contributed by atoms with E-state index in [0.717, 1.165) is 6.26 Å². The lowest BCUT2D eigenvalue weighted by Gasteiger charge is -2.12. The van der Waals surface area contributed by atoms with Crippen LogP contribution in [0.5, 0.6) is 0 Å². The SMILES string of the molecule is CC(NC(=O)Cn1c(CS(C)(=O)=O)nc2ccccc21)C(=O)O. The second-order valence-electron chi connectivity index (χ2n) is 5.30. The van der Waals surface area contributed by atoms with Crippen LogP contribution in [0.4, 0.5) is 0 Å². The summed E-state index contributed by atoms with van der Waals surface area (Å²) in [6.07, 6.45) is 1.09. The van der Waals surface area contributed by atoms with Crippen molar-refractivity contribution < 1.29 is 23.1 Å². The summed E-state index contributed by atoms with van der Waals surface area (Å²) < 4.78 is 24.6. The minimum Gasteiger partial charge on any atom is -0.480 e. The molecule has 1 amide bonds. The summed E-state index contributed by atoms with van der Waals surface area (Å²) in [6, 6.07) is 5.92. The molecule has 0 radical (unpaired) electrons. The molecular weight excluding hydrogens is 322 g/mol. The fourth-order valence-electron chi connectivity index (χ4n) is 2.14. The Morgan fingerprint density at radius 3 is 2.61 bits per heavy atom. The highest BCUT2D eigenvalue weighted by atomic mass is 32.2. The van der Waals surface area contributed by atoms with Gasteiger partial charge in [-0.25, -0.2) is 13.4 Å². The molecule has 0 aliphatic rings. The first-order valence-electron chi connectivity index (χ1n) is 6.81. The van der Waals surface area contributed by atoms with Gasteiger partial charge < -0.3 is 15.0 Å². The third kappa shape index (κ3) is 4.28. The molecule has 124 valence electrons. The molecule has 1 heterocycles. The molecule has 2 rings (SSSR count). The van der Waals surface area contributed by atoms with Crippen LogP contribution in [-0.4, -0.2) is 47.2 Å². The van der Waals surface area contributed by atoms with Crippen LogP contribution in [0.1, 0.15) is 12.7 Å². The lowest BCUT2D eigenvalue weighted by Crippen LogP contribution is -2.40. The number of fused-ring (bicyclic) bond motifs is 1. The van der Waals surface area contributed by atoms with E-state index in [1.54, 1.807) is 24.3 Å². The number of imidazole rings is 1. The molecule has 1 aromatic carbocycles. The fraction of sp³-hybridized carbons (Fsp3) is 0.357. The molecule has 0 aliphatic heterocycles. The number of carboxylic acid groups (broad SMARTS) is 1. The molecule has 1 aromatic heterocycles. The number of aromatic nitrogens is 2. The number of aliphatic carboxylic acids is 1. The molecular formula is C14H17N3O5S. The van der Waals surface area contributed by atoms with Crippen LogP contribution < -0.4 is 5.32 Å². The Morgan fingerprint density at radius 2 is 2.00 bits per heavy atom. The zero-order valence-electron chi connectivity index (χ0n) is 12.7. The normalized spacial score (nSPS) is 13.0. The van der Waals surface area contributed by atoms with Crippen molar-refractivity contribution in [1.29, 1.82) is 0 Å². The molecule has 0 bridgehead atoms. The van der Waals surface area contributed by atoms with E-state index >= 15 is 0 Å². The van der Waals surface area contributed by atoms with Crippen molar-refractivity contribution in [3.63, 3.8) is 0 Å². The Labute approximate surface area is 133 Å². The third-order valence-corrected chi connectivity index (χ3v) is 3.96. The van der Waals surface area contributed by atoms with Gasteiger partial charge in [0, 0.05) is 6.26 Å². The minimum absolute atomic E-state index is 0.205. The van der Waals surface area contributed by atoms with Crippen molar-refractivity contribution in [3.05, 3.63) is 30.1 Å². The summed E-state index contributed by atoms with van der Waals surface area (Å²) in [4.78, 5) is 27.1. The predicted octanol–water partition coefficient (Wildman–Crippen LogP) is 0.170. The zero-order valence-corrected chi connectivity index (χ0v) is 13.5. The highest BCUT2D eigenvalue weighted by Gasteiger charge is 2.19. The van der Waals surface area contributed by atoms with Crippen LogP contribution >= 0.6 is 0 Å². The Morgan fingerprint density at radius 1 is 1.35 bits per heavy atom. The largest absolute Gasteiger partial charge is 0.480 e. The van der Waals surface area contributed by atoms with Crippen LogP contribution in [0.25, 0.3) is 11.0 Å². The number of carboxylic acids is 1. The molecule has 9 heteroatoms. The number of para-hydroxylation sites is 2. The van der Waals surface area contributed by atoms with Crippen LogP contribution in [-0.2, 0) is 31.7 Å². The van der Waals surface area contributed by atoms with E-state index in [9.17, 15) is 18.0 Å². The first-order chi connectivity index (χ1) is 10.7. The van der Waals surface area contributed by atoms with Crippen molar-refractivity contribution in [2.45, 2.75) is 25.3 Å². The molecule has 0 fully saturated rings. The predicted molar refractivity (Wildman–Crippen MR) is 83.5 cm³/mol. The number of sulfone groups is 1. The molecule has 0 spiro atoms. The molecule has 0 saturated carbocycles. The molecule has 0 aliphatic carbocycles. The van der Waals surface area contributed by atoms with E-state index in [4.69, 9.17) is 5.11 Å². The van der Waals surface area contributed by atoms with Crippen LogP contribution in [0.15, 0.2) is 24.3 Å². The van der Waals surface area contributed by atoms with Crippen molar-refractivity contribution in [3.8, 4) is 0 Å². The van der Waals surface area contributed by atoms with Gasteiger partial charge in [0.25, 0.3) is 0 Å². The first-order valence-corrected chi connectivity index (χ1v) is 8.87. The van der Waals surface area contributed by atoms with Gasteiger partial charge in [0.15, 0.2) is 9.84 Å². The number of carbonyl (C=O) groups is 2. The topological polar surface area (TPSA) is 118 Å². The molecule has 8 nitrogen and oxygen atoms in total. The monoisotopic (exact) mass is 339 g/mol. The molecule has 1 atom stereocenters. The van der Waals surface area contributed by atoms with Gasteiger partial charge in [0.1, 0.15) is 24.2 Å². The Balaban J connectivity index is 2.35. The summed E-state index contributed by atoms with van der Waals surface area (Å²) in [5.74, 6) is -1.74. The van der Waals surface area contributed by atoms with Gasteiger partial charge in [-0.1, -0.05) is 12.1 Å². The van der Waals surface area contributed by atoms with Crippen molar-refractivity contribution in [1.82, 2.24) is 14.9 Å². The lowest BCUT2D eigenvalue weighted by molar-refractivity contribution is -0.141. The summed E-state index contributed by atoms with van der Waals surface area (Å²) in [6.45, 7) is 1.15. The molecule has 1 unspecified atom stereocenters. The van der Waals surface area contributed by atoms with Gasteiger partial charge in [0.05, 0.1) is 11.0 Å². The minimum atomic E-state index is -3.33. The number of hydrogen-bond donors (Lipinski definition) is 2. The summed E-state index contributed by atoms with van der Waals surface area (Å²) in [5.41, 5.74) is 1.19. The first kappa shape index (κ1) is 16.9. The Hall–Kier alpha value is -2.42. The number of amides is 1. The zero-order chi connectivity index (χ0) is 17.2. The van der Waals surface area contributed by atoms with Gasteiger partial charge in [-0.15, -0.1) is 0 Å². The van der Waals surface area contributed by atoms with E-state index in [1.807, 2.05) is 0 Å². The highest BCUT2D eigenvalue weighted by molar-refractivity contribution is 7.89. The van der Waals surface area contributed by atoms with Gasteiger partial charge in [-0.2, -0.15) is 0 Å². The lowest BCUT2D eigenvalue weighted by atomic mass is 10.3.